The minimum Gasteiger partial charge on any atom is -0.381 e. The first kappa shape index (κ1) is 20.9. The average molecular weight is 369 g/mol. The molecule has 1 aromatic carbocycles. The number of benzene rings is 1. The van der Waals surface area contributed by atoms with Crippen molar-refractivity contribution >= 4 is 5.96 Å². The summed E-state index contributed by atoms with van der Waals surface area (Å²) in [6.45, 7) is 6.15. The fraction of sp³-hybridized carbons (Fsp3) is 0.455. The SMILES string of the molecule is CCNC(=NCCCCOCCc1ccccc1)NCCc1ccccn1. The molecule has 0 saturated carbocycles. The molecule has 0 bridgehead atoms. The molecule has 2 N–H and O–H groups in total. The summed E-state index contributed by atoms with van der Waals surface area (Å²) in [6.07, 6.45) is 5.76. The second-order valence-electron chi connectivity index (χ2n) is 6.31. The van der Waals surface area contributed by atoms with Gasteiger partial charge in [0.2, 0.25) is 0 Å². The van der Waals surface area contributed by atoms with E-state index in [0.717, 1.165) is 70.2 Å². The molecule has 0 saturated heterocycles. The van der Waals surface area contributed by atoms with Crippen LogP contribution in [0.1, 0.15) is 31.0 Å². The molecular formula is C22H32N4O. The molecule has 0 fully saturated rings. The molecule has 146 valence electrons. The Morgan fingerprint density at radius 3 is 2.59 bits per heavy atom. The fourth-order valence-corrected chi connectivity index (χ4v) is 2.64. The highest BCUT2D eigenvalue weighted by molar-refractivity contribution is 5.79. The van der Waals surface area contributed by atoms with Gasteiger partial charge in [-0.25, -0.2) is 0 Å². The smallest absolute Gasteiger partial charge is 0.191 e. The number of aromatic nitrogens is 1. The van der Waals surface area contributed by atoms with E-state index in [4.69, 9.17) is 4.74 Å². The zero-order valence-electron chi connectivity index (χ0n) is 16.4. The van der Waals surface area contributed by atoms with Crippen LogP contribution < -0.4 is 10.6 Å². The molecule has 0 radical (unpaired) electrons. The lowest BCUT2D eigenvalue weighted by Gasteiger charge is -2.11. The average Bonchev–Trinajstić information content (AvgIpc) is 2.71. The lowest BCUT2D eigenvalue weighted by Crippen LogP contribution is -2.38. The van der Waals surface area contributed by atoms with E-state index in [1.807, 2.05) is 30.5 Å². The predicted octanol–water partition coefficient (Wildman–Crippen LogP) is 3.22. The first-order valence-corrected chi connectivity index (χ1v) is 9.92. The molecule has 1 aromatic heterocycles. The molecule has 5 nitrogen and oxygen atoms in total. The van der Waals surface area contributed by atoms with Crippen molar-refractivity contribution in [1.82, 2.24) is 15.6 Å². The van der Waals surface area contributed by atoms with Crippen LogP contribution in [0.2, 0.25) is 0 Å². The van der Waals surface area contributed by atoms with Gasteiger partial charge < -0.3 is 15.4 Å². The largest absolute Gasteiger partial charge is 0.381 e. The Morgan fingerprint density at radius 1 is 0.963 bits per heavy atom. The molecule has 0 aliphatic rings. The van der Waals surface area contributed by atoms with Gasteiger partial charge in [0, 0.05) is 44.6 Å². The summed E-state index contributed by atoms with van der Waals surface area (Å²) >= 11 is 0. The fourth-order valence-electron chi connectivity index (χ4n) is 2.64. The van der Waals surface area contributed by atoms with E-state index in [1.54, 1.807) is 0 Å². The Kier molecular flexibility index (Phi) is 10.7. The number of rotatable bonds is 12. The van der Waals surface area contributed by atoms with E-state index >= 15 is 0 Å². The number of hydrogen-bond acceptors (Lipinski definition) is 3. The molecule has 0 amide bonds. The highest BCUT2D eigenvalue weighted by Crippen LogP contribution is 2.00. The number of unbranched alkanes of at least 4 members (excludes halogenated alkanes) is 1. The van der Waals surface area contributed by atoms with Crippen molar-refractivity contribution in [3.8, 4) is 0 Å². The Bertz CT molecular complexity index is 631. The Hall–Kier alpha value is -2.40. The van der Waals surface area contributed by atoms with Crippen LogP contribution in [0.25, 0.3) is 0 Å². The highest BCUT2D eigenvalue weighted by Gasteiger charge is 1.98. The predicted molar refractivity (Wildman–Crippen MR) is 112 cm³/mol. The zero-order valence-corrected chi connectivity index (χ0v) is 16.4. The molecule has 2 rings (SSSR count). The van der Waals surface area contributed by atoms with Gasteiger partial charge in [0.1, 0.15) is 0 Å². The van der Waals surface area contributed by atoms with Crippen molar-refractivity contribution in [2.24, 2.45) is 4.99 Å². The van der Waals surface area contributed by atoms with Crippen LogP contribution in [0.4, 0.5) is 0 Å². The van der Waals surface area contributed by atoms with Gasteiger partial charge in [-0.2, -0.15) is 0 Å². The van der Waals surface area contributed by atoms with Crippen LogP contribution in [-0.4, -0.2) is 43.8 Å². The van der Waals surface area contributed by atoms with Gasteiger partial charge in [0.15, 0.2) is 5.96 Å². The van der Waals surface area contributed by atoms with E-state index in [2.05, 4.69) is 51.8 Å². The maximum atomic E-state index is 5.72. The molecule has 5 heteroatoms. The third-order valence-corrected chi connectivity index (χ3v) is 4.09. The van der Waals surface area contributed by atoms with Gasteiger partial charge in [-0.05, 0) is 43.9 Å². The first-order valence-electron chi connectivity index (χ1n) is 9.92. The van der Waals surface area contributed by atoms with Crippen LogP contribution in [0.3, 0.4) is 0 Å². The summed E-state index contributed by atoms with van der Waals surface area (Å²) in [7, 11) is 0. The molecule has 0 aliphatic heterocycles. The van der Waals surface area contributed by atoms with E-state index in [9.17, 15) is 0 Å². The van der Waals surface area contributed by atoms with Crippen LogP contribution in [0.5, 0.6) is 0 Å². The van der Waals surface area contributed by atoms with Crippen molar-refractivity contribution in [3.05, 3.63) is 66.0 Å². The molecule has 0 aliphatic carbocycles. The maximum Gasteiger partial charge on any atom is 0.191 e. The summed E-state index contributed by atoms with van der Waals surface area (Å²) in [5, 5.41) is 6.65. The van der Waals surface area contributed by atoms with E-state index < -0.39 is 0 Å². The number of nitrogens with zero attached hydrogens (tertiary/aromatic N) is 2. The van der Waals surface area contributed by atoms with E-state index in [0.29, 0.717) is 0 Å². The number of aliphatic imine (C=N–C) groups is 1. The second-order valence-corrected chi connectivity index (χ2v) is 6.31. The molecule has 1 heterocycles. The lowest BCUT2D eigenvalue weighted by molar-refractivity contribution is 0.134. The van der Waals surface area contributed by atoms with E-state index in [1.165, 1.54) is 5.56 Å². The molecule has 27 heavy (non-hydrogen) atoms. The van der Waals surface area contributed by atoms with Crippen LogP contribution >= 0.6 is 0 Å². The third-order valence-electron chi connectivity index (χ3n) is 4.09. The summed E-state index contributed by atoms with van der Waals surface area (Å²) in [5.74, 6) is 0.874. The molecule has 2 aromatic rings. The monoisotopic (exact) mass is 368 g/mol. The van der Waals surface area contributed by atoms with Crippen molar-refractivity contribution in [3.63, 3.8) is 0 Å². The van der Waals surface area contributed by atoms with Crippen LogP contribution in [0, 0.1) is 0 Å². The summed E-state index contributed by atoms with van der Waals surface area (Å²) < 4.78 is 5.72. The normalized spacial score (nSPS) is 11.4. The molecule has 0 atom stereocenters. The van der Waals surface area contributed by atoms with Crippen LogP contribution in [0.15, 0.2) is 59.7 Å². The topological polar surface area (TPSA) is 58.5 Å². The third kappa shape index (κ3) is 9.75. The van der Waals surface area contributed by atoms with Crippen molar-refractivity contribution in [1.29, 1.82) is 0 Å². The Morgan fingerprint density at radius 2 is 1.81 bits per heavy atom. The molecule has 0 unspecified atom stereocenters. The second kappa shape index (κ2) is 13.8. The van der Waals surface area contributed by atoms with Crippen molar-refractivity contribution in [2.45, 2.75) is 32.6 Å². The van der Waals surface area contributed by atoms with Gasteiger partial charge in [-0.1, -0.05) is 36.4 Å². The summed E-state index contributed by atoms with van der Waals surface area (Å²) in [6, 6.07) is 16.5. The standard InChI is InChI=1S/C22H32N4O/c1-2-23-22(26-17-13-21-12-6-7-15-24-21)25-16-8-9-18-27-19-14-20-10-4-3-5-11-20/h3-7,10-12,15H,2,8-9,13-14,16-19H2,1H3,(H2,23,25,26). The first-order chi connectivity index (χ1) is 13.4. The van der Waals surface area contributed by atoms with Gasteiger partial charge >= 0.3 is 0 Å². The van der Waals surface area contributed by atoms with Crippen molar-refractivity contribution < 1.29 is 4.74 Å². The zero-order chi connectivity index (χ0) is 19.0. The van der Waals surface area contributed by atoms with E-state index in [-0.39, 0.29) is 0 Å². The minimum atomic E-state index is 0.783. The van der Waals surface area contributed by atoms with Gasteiger partial charge in [-0.3, -0.25) is 9.98 Å². The number of hydrogen-bond donors (Lipinski definition) is 2. The minimum absolute atomic E-state index is 0.783. The molecular weight excluding hydrogens is 336 g/mol. The quantitative estimate of drug-likeness (QED) is 0.343. The Balaban J connectivity index is 1.53. The number of ether oxygens (including phenoxy) is 1. The maximum absolute atomic E-state index is 5.72. The van der Waals surface area contributed by atoms with Gasteiger partial charge in [0.05, 0.1) is 6.61 Å². The van der Waals surface area contributed by atoms with Crippen molar-refractivity contribution in [2.75, 3.05) is 32.8 Å². The number of pyridine rings is 1. The number of nitrogens with one attached hydrogen (secondary N) is 2. The van der Waals surface area contributed by atoms with Crippen LogP contribution in [-0.2, 0) is 17.6 Å². The highest BCUT2D eigenvalue weighted by atomic mass is 16.5. The number of guanidine groups is 1. The lowest BCUT2D eigenvalue weighted by atomic mass is 10.2. The van der Waals surface area contributed by atoms with Gasteiger partial charge in [0.25, 0.3) is 0 Å². The Labute approximate surface area is 163 Å². The summed E-state index contributed by atoms with van der Waals surface area (Å²) in [5.41, 5.74) is 2.42. The molecule has 0 spiro atoms. The summed E-state index contributed by atoms with van der Waals surface area (Å²) in [4.78, 5) is 8.97. The van der Waals surface area contributed by atoms with Gasteiger partial charge in [-0.15, -0.1) is 0 Å².